The Morgan fingerprint density at radius 3 is 2.46 bits per heavy atom. The summed E-state index contributed by atoms with van der Waals surface area (Å²) in [5.41, 5.74) is 4.22. The van der Waals surface area contributed by atoms with E-state index in [2.05, 4.69) is 15.3 Å². The number of aromatic nitrogens is 3. The SMILES string of the molecule is O=S(=O)(c1ccccc1)c1ccc(Nc2ccc(-c3ccc4c(O)[nH]cc4c3)n3ccnc23)cc1. The average molecular weight is 481 g/mol. The number of H-pyrrole nitrogens is 1. The molecule has 0 saturated carbocycles. The van der Waals surface area contributed by atoms with Gasteiger partial charge in [-0.1, -0.05) is 24.3 Å². The molecule has 0 atom stereocenters. The molecule has 0 amide bonds. The van der Waals surface area contributed by atoms with Crippen LogP contribution in [0.25, 0.3) is 27.7 Å². The van der Waals surface area contributed by atoms with Gasteiger partial charge in [0.2, 0.25) is 9.84 Å². The maximum absolute atomic E-state index is 12.8. The standard InChI is InChI=1S/C27H20N4O3S/c32-27-23-11-6-18(16-19(23)17-29-27)25-13-12-24(26-28-14-15-31(25)26)30-20-7-9-22(10-8-20)35(33,34)21-4-2-1-3-5-21/h1-17,29-30,32H. The third-order valence-electron chi connectivity index (χ3n) is 6.01. The van der Waals surface area contributed by atoms with E-state index in [9.17, 15) is 13.5 Å². The predicted molar refractivity (Wildman–Crippen MR) is 136 cm³/mol. The Kier molecular flexibility index (Phi) is 4.82. The fourth-order valence-corrected chi connectivity index (χ4v) is 5.52. The molecule has 0 radical (unpaired) electrons. The van der Waals surface area contributed by atoms with Crippen LogP contribution in [0.3, 0.4) is 0 Å². The van der Waals surface area contributed by atoms with Crippen molar-refractivity contribution >= 4 is 37.6 Å². The predicted octanol–water partition coefficient (Wildman–Crippen LogP) is 5.76. The van der Waals surface area contributed by atoms with Crippen LogP contribution in [0.15, 0.2) is 113 Å². The van der Waals surface area contributed by atoms with E-state index in [1.165, 1.54) is 0 Å². The van der Waals surface area contributed by atoms with Crippen molar-refractivity contribution in [2.75, 3.05) is 5.32 Å². The molecule has 0 spiro atoms. The van der Waals surface area contributed by atoms with Crippen LogP contribution >= 0.6 is 0 Å². The molecule has 0 aliphatic rings. The van der Waals surface area contributed by atoms with E-state index < -0.39 is 9.84 Å². The van der Waals surface area contributed by atoms with Gasteiger partial charge in [-0.2, -0.15) is 0 Å². The zero-order valence-electron chi connectivity index (χ0n) is 18.4. The Hall–Kier alpha value is -4.56. The Labute approximate surface area is 201 Å². The number of nitrogens with zero attached hydrogens (tertiary/aromatic N) is 2. The lowest BCUT2D eigenvalue weighted by atomic mass is 10.1. The minimum atomic E-state index is -3.57. The number of hydrogen-bond donors (Lipinski definition) is 3. The Balaban J connectivity index is 1.32. The molecule has 3 heterocycles. The second-order valence-electron chi connectivity index (χ2n) is 8.16. The van der Waals surface area contributed by atoms with Crippen LogP contribution in [0, 0.1) is 0 Å². The molecule has 0 aliphatic carbocycles. The summed E-state index contributed by atoms with van der Waals surface area (Å²) in [4.78, 5) is 7.86. The molecule has 35 heavy (non-hydrogen) atoms. The molecule has 6 aromatic rings. The van der Waals surface area contributed by atoms with Gasteiger partial charge in [0.25, 0.3) is 0 Å². The summed E-state index contributed by atoms with van der Waals surface area (Å²) in [6, 6.07) is 24.9. The molecule has 172 valence electrons. The molecule has 0 aliphatic heterocycles. The number of anilines is 2. The molecular weight excluding hydrogens is 460 g/mol. The van der Waals surface area contributed by atoms with Gasteiger partial charge in [-0.05, 0) is 66.2 Å². The zero-order chi connectivity index (χ0) is 24.0. The van der Waals surface area contributed by atoms with Crippen molar-refractivity contribution in [3.63, 3.8) is 0 Å². The van der Waals surface area contributed by atoms with Crippen LogP contribution in [0.4, 0.5) is 11.4 Å². The van der Waals surface area contributed by atoms with Crippen molar-refractivity contribution in [2.45, 2.75) is 9.79 Å². The van der Waals surface area contributed by atoms with Crippen LogP contribution in [0.5, 0.6) is 5.88 Å². The van der Waals surface area contributed by atoms with Gasteiger partial charge in [0.1, 0.15) is 0 Å². The largest absolute Gasteiger partial charge is 0.494 e. The fraction of sp³-hybridized carbons (Fsp3) is 0. The summed E-state index contributed by atoms with van der Waals surface area (Å²) in [6.45, 7) is 0. The van der Waals surface area contributed by atoms with Gasteiger partial charge >= 0.3 is 0 Å². The number of sulfone groups is 1. The molecule has 8 heteroatoms. The van der Waals surface area contributed by atoms with E-state index >= 15 is 0 Å². The van der Waals surface area contributed by atoms with Gasteiger partial charge in [-0.25, -0.2) is 13.4 Å². The summed E-state index contributed by atoms with van der Waals surface area (Å²) in [5, 5.41) is 14.9. The molecule has 3 aromatic carbocycles. The third kappa shape index (κ3) is 3.60. The number of nitrogens with one attached hydrogen (secondary N) is 2. The molecule has 3 aromatic heterocycles. The van der Waals surface area contributed by atoms with Gasteiger partial charge in [-0.3, -0.25) is 4.40 Å². The van der Waals surface area contributed by atoms with Crippen molar-refractivity contribution in [2.24, 2.45) is 0 Å². The molecule has 0 saturated heterocycles. The van der Waals surface area contributed by atoms with Crippen molar-refractivity contribution in [1.82, 2.24) is 14.4 Å². The third-order valence-corrected chi connectivity index (χ3v) is 7.80. The molecule has 0 bridgehead atoms. The first-order valence-corrected chi connectivity index (χ1v) is 12.4. The minimum Gasteiger partial charge on any atom is -0.494 e. The zero-order valence-corrected chi connectivity index (χ0v) is 19.2. The highest BCUT2D eigenvalue weighted by atomic mass is 32.2. The summed E-state index contributed by atoms with van der Waals surface area (Å²) in [7, 11) is -3.57. The molecule has 0 fully saturated rings. The van der Waals surface area contributed by atoms with E-state index in [4.69, 9.17) is 0 Å². The maximum atomic E-state index is 12.8. The van der Waals surface area contributed by atoms with E-state index in [-0.39, 0.29) is 15.7 Å². The molecule has 3 N–H and O–H groups in total. The Morgan fingerprint density at radius 1 is 0.886 bits per heavy atom. The number of hydrogen-bond acceptors (Lipinski definition) is 5. The van der Waals surface area contributed by atoms with Gasteiger partial charge in [0.15, 0.2) is 11.5 Å². The van der Waals surface area contributed by atoms with Crippen LogP contribution in [0.1, 0.15) is 0 Å². The highest BCUT2D eigenvalue weighted by Gasteiger charge is 2.17. The minimum absolute atomic E-state index is 0.154. The van der Waals surface area contributed by atoms with Gasteiger partial charge < -0.3 is 15.4 Å². The normalized spacial score (nSPS) is 11.8. The summed E-state index contributed by atoms with van der Waals surface area (Å²) < 4.78 is 27.7. The molecule has 6 rings (SSSR count). The van der Waals surface area contributed by atoms with Gasteiger partial charge in [-0.15, -0.1) is 0 Å². The first-order chi connectivity index (χ1) is 17.0. The molecule has 7 nitrogen and oxygen atoms in total. The summed E-state index contributed by atoms with van der Waals surface area (Å²) >= 11 is 0. The quantitative estimate of drug-likeness (QED) is 0.291. The topological polar surface area (TPSA) is 99.5 Å². The van der Waals surface area contributed by atoms with E-state index in [1.807, 2.05) is 40.9 Å². The number of fused-ring (bicyclic) bond motifs is 2. The lowest BCUT2D eigenvalue weighted by Crippen LogP contribution is -2.02. The van der Waals surface area contributed by atoms with E-state index in [0.717, 1.165) is 39.1 Å². The second kappa shape index (κ2) is 8.03. The Morgan fingerprint density at radius 2 is 1.66 bits per heavy atom. The van der Waals surface area contributed by atoms with Gasteiger partial charge in [0, 0.05) is 35.1 Å². The lowest BCUT2D eigenvalue weighted by molar-refractivity contribution is 0.462. The van der Waals surface area contributed by atoms with Crippen molar-refractivity contribution in [3.05, 3.63) is 104 Å². The lowest BCUT2D eigenvalue weighted by Gasteiger charge is -2.12. The number of aromatic hydroxyl groups is 1. The summed E-state index contributed by atoms with van der Waals surface area (Å²) in [5.74, 6) is 0.154. The average Bonchev–Trinajstić information content (AvgIpc) is 3.52. The monoisotopic (exact) mass is 480 g/mol. The van der Waals surface area contributed by atoms with Gasteiger partial charge in [0.05, 0.1) is 21.2 Å². The van der Waals surface area contributed by atoms with Crippen molar-refractivity contribution in [3.8, 4) is 17.1 Å². The van der Waals surface area contributed by atoms with Crippen LogP contribution in [0.2, 0.25) is 0 Å². The first-order valence-electron chi connectivity index (χ1n) is 10.9. The number of rotatable bonds is 5. The number of aromatic amines is 1. The first kappa shape index (κ1) is 21.0. The second-order valence-corrected chi connectivity index (χ2v) is 10.1. The summed E-state index contributed by atoms with van der Waals surface area (Å²) in [6.07, 6.45) is 5.40. The number of benzene rings is 3. The molecular formula is C27H20N4O3S. The van der Waals surface area contributed by atoms with Crippen molar-refractivity contribution < 1.29 is 13.5 Å². The Bertz CT molecular complexity index is 1790. The maximum Gasteiger partial charge on any atom is 0.206 e. The van der Waals surface area contributed by atoms with E-state index in [0.29, 0.717) is 0 Å². The van der Waals surface area contributed by atoms with Crippen molar-refractivity contribution in [1.29, 1.82) is 0 Å². The molecule has 0 unspecified atom stereocenters. The van der Waals surface area contributed by atoms with Crippen LogP contribution in [-0.4, -0.2) is 27.9 Å². The highest BCUT2D eigenvalue weighted by molar-refractivity contribution is 7.91. The fourth-order valence-electron chi connectivity index (χ4n) is 4.24. The highest BCUT2D eigenvalue weighted by Crippen LogP contribution is 2.32. The van der Waals surface area contributed by atoms with Crippen LogP contribution < -0.4 is 5.32 Å². The number of imidazole rings is 1. The number of pyridine rings is 1. The van der Waals surface area contributed by atoms with Crippen LogP contribution in [-0.2, 0) is 9.84 Å². The van der Waals surface area contributed by atoms with E-state index in [1.54, 1.807) is 67.0 Å². The smallest absolute Gasteiger partial charge is 0.206 e.